The van der Waals surface area contributed by atoms with Crippen molar-refractivity contribution in [2.24, 2.45) is 0 Å². The Morgan fingerprint density at radius 1 is 1.37 bits per heavy atom. The minimum Gasteiger partial charge on any atom is -0.330 e. The molecule has 1 heterocycles. The molecule has 1 aromatic carbocycles. The van der Waals surface area contributed by atoms with Gasteiger partial charge in [0.2, 0.25) is 0 Å². The van der Waals surface area contributed by atoms with Crippen molar-refractivity contribution in [1.82, 2.24) is 14.9 Å². The van der Waals surface area contributed by atoms with Crippen LogP contribution >= 0.6 is 0 Å². The van der Waals surface area contributed by atoms with Crippen LogP contribution in [0.15, 0.2) is 18.5 Å². The average Bonchev–Trinajstić information content (AvgIpc) is 2.79. The summed E-state index contributed by atoms with van der Waals surface area (Å²) in [6.07, 6.45) is 2.61. The zero-order chi connectivity index (χ0) is 14.0. The van der Waals surface area contributed by atoms with Crippen molar-refractivity contribution in [1.29, 1.82) is 5.26 Å². The fourth-order valence-corrected chi connectivity index (χ4v) is 2.07. The molecular weight excluding hydrogens is 236 g/mol. The normalized spacial score (nSPS) is 14.3. The fraction of sp³-hybridized carbons (Fsp3) is 0.467. The van der Waals surface area contributed by atoms with E-state index < -0.39 is 5.54 Å². The lowest BCUT2D eigenvalue weighted by Gasteiger charge is -2.20. The van der Waals surface area contributed by atoms with Gasteiger partial charge in [0, 0.05) is 6.54 Å². The number of nitrogens with zero attached hydrogens (tertiary/aromatic N) is 3. The van der Waals surface area contributed by atoms with Crippen LogP contribution < -0.4 is 5.32 Å². The standard InChI is InChI=1S/C15H20N4/c1-11-7-13-14(8-12(11)2)19(10-18-13)6-5-15(3,9-16)17-4/h7-8,10,17H,5-6H2,1-4H3. The van der Waals surface area contributed by atoms with Gasteiger partial charge >= 0.3 is 0 Å². The van der Waals surface area contributed by atoms with Crippen LogP contribution in [0, 0.1) is 25.2 Å². The zero-order valence-electron chi connectivity index (χ0n) is 12.0. The number of fused-ring (bicyclic) bond motifs is 1. The van der Waals surface area contributed by atoms with Crippen molar-refractivity contribution >= 4 is 11.0 Å². The Morgan fingerprint density at radius 3 is 2.68 bits per heavy atom. The van der Waals surface area contributed by atoms with Gasteiger partial charge in [0.15, 0.2) is 0 Å². The molecule has 0 saturated carbocycles. The number of hydrogen-bond donors (Lipinski definition) is 1. The number of nitriles is 1. The van der Waals surface area contributed by atoms with Crippen LogP contribution in [-0.2, 0) is 6.54 Å². The summed E-state index contributed by atoms with van der Waals surface area (Å²) in [5.74, 6) is 0. The summed E-state index contributed by atoms with van der Waals surface area (Å²) in [6.45, 7) is 6.91. The Morgan fingerprint density at radius 2 is 2.05 bits per heavy atom. The van der Waals surface area contributed by atoms with E-state index >= 15 is 0 Å². The maximum Gasteiger partial charge on any atom is 0.105 e. The molecule has 19 heavy (non-hydrogen) atoms. The second-order valence-electron chi connectivity index (χ2n) is 5.31. The van der Waals surface area contributed by atoms with E-state index in [9.17, 15) is 5.26 Å². The molecule has 2 rings (SSSR count). The highest BCUT2D eigenvalue weighted by Gasteiger charge is 2.21. The zero-order valence-corrected chi connectivity index (χ0v) is 12.0. The third-order valence-electron chi connectivity index (χ3n) is 3.89. The number of aromatic nitrogens is 2. The van der Waals surface area contributed by atoms with E-state index in [1.807, 2.05) is 20.3 Å². The highest BCUT2D eigenvalue weighted by molar-refractivity contribution is 5.77. The SMILES string of the molecule is CNC(C)(C#N)CCn1cnc2cc(C)c(C)cc21. The average molecular weight is 256 g/mol. The van der Waals surface area contributed by atoms with E-state index in [2.05, 4.69) is 46.9 Å². The van der Waals surface area contributed by atoms with Gasteiger partial charge in [0.25, 0.3) is 0 Å². The Labute approximate surface area is 114 Å². The molecule has 4 nitrogen and oxygen atoms in total. The number of nitrogens with one attached hydrogen (secondary N) is 1. The van der Waals surface area contributed by atoms with Gasteiger partial charge < -0.3 is 9.88 Å². The fourth-order valence-electron chi connectivity index (χ4n) is 2.07. The Bertz CT molecular complexity index is 635. The summed E-state index contributed by atoms with van der Waals surface area (Å²) in [7, 11) is 1.82. The maximum absolute atomic E-state index is 9.17. The lowest BCUT2D eigenvalue weighted by atomic mass is 10.0. The van der Waals surface area contributed by atoms with Gasteiger partial charge in [0.05, 0.1) is 23.4 Å². The summed E-state index contributed by atoms with van der Waals surface area (Å²) < 4.78 is 2.12. The highest BCUT2D eigenvalue weighted by Crippen LogP contribution is 2.19. The van der Waals surface area contributed by atoms with Crippen molar-refractivity contribution in [3.8, 4) is 6.07 Å². The molecular formula is C15H20N4. The van der Waals surface area contributed by atoms with Crippen molar-refractivity contribution < 1.29 is 0 Å². The van der Waals surface area contributed by atoms with Crippen LogP contribution in [0.3, 0.4) is 0 Å². The van der Waals surface area contributed by atoms with E-state index in [-0.39, 0.29) is 0 Å². The number of rotatable bonds is 4. The van der Waals surface area contributed by atoms with Crippen LogP contribution in [0.4, 0.5) is 0 Å². The summed E-state index contributed by atoms with van der Waals surface area (Å²) in [5, 5.41) is 12.2. The number of aryl methyl sites for hydroxylation is 3. The smallest absolute Gasteiger partial charge is 0.105 e. The number of benzene rings is 1. The van der Waals surface area contributed by atoms with Crippen LogP contribution in [0.25, 0.3) is 11.0 Å². The van der Waals surface area contributed by atoms with Gasteiger partial charge in [-0.15, -0.1) is 0 Å². The molecule has 0 bridgehead atoms. The first-order chi connectivity index (χ1) is 8.99. The minimum atomic E-state index is -0.490. The van der Waals surface area contributed by atoms with Gasteiger partial charge in [-0.25, -0.2) is 4.98 Å². The van der Waals surface area contributed by atoms with E-state index in [0.717, 1.165) is 24.0 Å². The molecule has 1 aromatic heterocycles. The monoisotopic (exact) mass is 256 g/mol. The van der Waals surface area contributed by atoms with E-state index in [0.29, 0.717) is 0 Å². The molecule has 0 fully saturated rings. The number of hydrogen-bond acceptors (Lipinski definition) is 3. The summed E-state index contributed by atoms with van der Waals surface area (Å²) in [5.41, 5.74) is 4.20. The Hall–Kier alpha value is -1.86. The van der Waals surface area contributed by atoms with Gasteiger partial charge in [-0.05, 0) is 57.5 Å². The molecule has 0 radical (unpaired) electrons. The van der Waals surface area contributed by atoms with E-state index in [4.69, 9.17) is 0 Å². The third-order valence-corrected chi connectivity index (χ3v) is 3.89. The summed E-state index contributed by atoms with van der Waals surface area (Å²) >= 11 is 0. The van der Waals surface area contributed by atoms with Crippen LogP contribution in [0.2, 0.25) is 0 Å². The first-order valence-electron chi connectivity index (χ1n) is 6.51. The molecule has 0 aliphatic carbocycles. The first-order valence-corrected chi connectivity index (χ1v) is 6.51. The molecule has 2 aromatic rings. The van der Waals surface area contributed by atoms with Crippen molar-refractivity contribution in [3.05, 3.63) is 29.6 Å². The molecule has 0 saturated heterocycles. The van der Waals surface area contributed by atoms with Crippen LogP contribution in [0.5, 0.6) is 0 Å². The molecule has 1 unspecified atom stereocenters. The summed E-state index contributed by atoms with van der Waals surface area (Å²) in [6, 6.07) is 6.60. The van der Waals surface area contributed by atoms with Crippen molar-refractivity contribution in [3.63, 3.8) is 0 Å². The van der Waals surface area contributed by atoms with E-state index in [1.54, 1.807) is 0 Å². The third kappa shape index (κ3) is 2.61. The topological polar surface area (TPSA) is 53.6 Å². The molecule has 4 heteroatoms. The van der Waals surface area contributed by atoms with Gasteiger partial charge in [0.1, 0.15) is 5.54 Å². The molecule has 0 aliphatic rings. The molecule has 0 spiro atoms. The quantitative estimate of drug-likeness (QED) is 0.914. The summed E-state index contributed by atoms with van der Waals surface area (Å²) in [4.78, 5) is 4.43. The van der Waals surface area contributed by atoms with Crippen molar-refractivity contribution in [2.75, 3.05) is 7.05 Å². The first kappa shape index (κ1) is 13.6. The Kier molecular flexibility index (Phi) is 3.59. The molecule has 0 aliphatic heterocycles. The maximum atomic E-state index is 9.17. The van der Waals surface area contributed by atoms with Crippen molar-refractivity contribution in [2.45, 2.75) is 39.3 Å². The van der Waals surface area contributed by atoms with Crippen LogP contribution in [-0.4, -0.2) is 22.1 Å². The largest absolute Gasteiger partial charge is 0.330 e. The molecule has 1 N–H and O–H groups in total. The number of imidazole rings is 1. The molecule has 0 amide bonds. The molecule has 100 valence electrons. The lowest BCUT2D eigenvalue weighted by Crippen LogP contribution is -2.38. The highest BCUT2D eigenvalue weighted by atomic mass is 15.1. The predicted molar refractivity (Wildman–Crippen MR) is 76.9 cm³/mol. The lowest BCUT2D eigenvalue weighted by molar-refractivity contribution is 0.425. The second-order valence-corrected chi connectivity index (χ2v) is 5.31. The second kappa shape index (κ2) is 5.02. The van der Waals surface area contributed by atoms with Gasteiger partial charge in [-0.3, -0.25) is 0 Å². The van der Waals surface area contributed by atoms with Gasteiger partial charge in [-0.1, -0.05) is 0 Å². The van der Waals surface area contributed by atoms with Gasteiger partial charge in [-0.2, -0.15) is 5.26 Å². The minimum absolute atomic E-state index is 0.490. The molecule has 1 atom stereocenters. The van der Waals surface area contributed by atoms with E-state index in [1.165, 1.54) is 11.1 Å². The predicted octanol–water partition coefficient (Wildman–Crippen LogP) is 2.54. The van der Waals surface area contributed by atoms with Crippen LogP contribution in [0.1, 0.15) is 24.5 Å². The Balaban J connectivity index is 2.27.